The molecule has 0 atom stereocenters. The second kappa shape index (κ2) is 7.53. The molecule has 3 aromatic heterocycles. The van der Waals surface area contributed by atoms with Crippen molar-refractivity contribution in [3.05, 3.63) is 59.5 Å². The van der Waals surface area contributed by atoms with Crippen LogP contribution >= 0.6 is 11.6 Å². The summed E-state index contributed by atoms with van der Waals surface area (Å²) >= 11 is 6.07. The first-order valence-electron chi connectivity index (χ1n) is 9.84. The number of amides is 1. The van der Waals surface area contributed by atoms with Gasteiger partial charge in [0.05, 0.1) is 6.20 Å². The second-order valence-electron chi connectivity index (χ2n) is 7.53. The van der Waals surface area contributed by atoms with Gasteiger partial charge in [-0.2, -0.15) is 4.98 Å². The number of rotatable bonds is 4. The Balaban J connectivity index is 1.46. The number of benzene rings is 1. The number of halogens is 1. The summed E-state index contributed by atoms with van der Waals surface area (Å²) in [6.45, 7) is 0. The van der Waals surface area contributed by atoms with Crippen LogP contribution in [0.25, 0.3) is 22.4 Å². The third-order valence-electron chi connectivity index (χ3n) is 5.52. The van der Waals surface area contributed by atoms with Crippen molar-refractivity contribution in [2.45, 2.75) is 37.6 Å². The van der Waals surface area contributed by atoms with Gasteiger partial charge in [0.25, 0.3) is 11.8 Å². The number of aromatic nitrogens is 5. The Labute approximate surface area is 177 Å². The molecule has 0 unspecified atom stereocenters. The van der Waals surface area contributed by atoms with Gasteiger partial charge in [0.2, 0.25) is 5.82 Å². The maximum Gasteiger partial charge on any atom is 0.268 e. The summed E-state index contributed by atoms with van der Waals surface area (Å²) in [6, 6.07) is 7.27. The molecule has 9 heteroatoms. The van der Waals surface area contributed by atoms with E-state index in [1.807, 2.05) is 12.1 Å². The van der Waals surface area contributed by atoms with Crippen LogP contribution in [0.3, 0.4) is 0 Å². The molecule has 30 heavy (non-hydrogen) atoms. The van der Waals surface area contributed by atoms with Crippen LogP contribution in [0.5, 0.6) is 0 Å². The zero-order valence-electron chi connectivity index (χ0n) is 16.1. The molecule has 2 N–H and O–H groups in total. The van der Waals surface area contributed by atoms with Gasteiger partial charge in [-0.1, -0.05) is 36.0 Å². The van der Waals surface area contributed by atoms with Crippen LogP contribution in [0.4, 0.5) is 0 Å². The summed E-state index contributed by atoms with van der Waals surface area (Å²) in [5.74, 6) is 0.538. The predicted molar refractivity (Wildman–Crippen MR) is 111 cm³/mol. The van der Waals surface area contributed by atoms with Crippen molar-refractivity contribution in [3.8, 4) is 11.5 Å². The Morgan fingerprint density at radius 1 is 1.17 bits per heavy atom. The van der Waals surface area contributed by atoms with E-state index < -0.39 is 5.54 Å². The lowest BCUT2D eigenvalue weighted by Crippen LogP contribution is -2.47. The zero-order valence-corrected chi connectivity index (χ0v) is 16.8. The number of H-pyrrole nitrogens is 1. The minimum atomic E-state index is -0.711. The third-order valence-corrected chi connectivity index (χ3v) is 5.75. The van der Waals surface area contributed by atoms with Gasteiger partial charge < -0.3 is 14.8 Å². The molecule has 4 aromatic rings. The lowest BCUT2D eigenvalue weighted by atomic mass is 9.81. The van der Waals surface area contributed by atoms with Gasteiger partial charge in [0.1, 0.15) is 16.9 Å². The predicted octanol–water partition coefficient (Wildman–Crippen LogP) is 4.25. The van der Waals surface area contributed by atoms with Crippen molar-refractivity contribution < 1.29 is 9.32 Å². The number of nitrogens with zero attached hydrogens (tertiary/aromatic N) is 4. The Hall–Kier alpha value is -3.26. The quantitative estimate of drug-likeness (QED) is 0.508. The molecule has 1 aliphatic rings. The molecular weight excluding hydrogens is 404 g/mol. The molecule has 0 bridgehead atoms. The highest BCUT2D eigenvalue weighted by Gasteiger charge is 2.41. The minimum absolute atomic E-state index is 0.219. The number of hydrogen-bond donors (Lipinski definition) is 2. The summed E-state index contributed by atoms with van der Waals surface area (Å²) < 4.78 is 5.60. The highest BCUT2D eigenvalue weighted by atomic mass is 35.5. The summed E-state index contributed by atoms with van der Waals surface area (Å²) in [4.78, 5) is 29.1. The average Bonchev–Trinajstić information content (AvgIpc) is 3.43. The van der Waals surface area contributed by atoms with Crippen molar-refractivity contribution in [1.29, 1.82) is 0 Å². The fraction of sp³-hybridized carbons (Fsp3) is 0.286. The summed E-state index contributed by atoms with van der Waals surface area (Å²) in [6.07, 6.45) is 9.23. The topological polar surface area (TPSA) is 110 Å². The van der Waals surface area contributed by atoms with Crippen LogP contribution in [0.15, 0.2) is 47.4 Å². The van der Waals surface area contributed by atoms with Crippen LogP contribution in [0.1, 0.15) is 48.5 Å². The van der Waals surface area contributed by atoms with Gasteiger partial charge in [-0.15, -0.1) is 0 Å². The van der Waals surface area contributed by atoms with E-state index in [9.17, 15) is 4.79 Å². The van der Waals surface area contributed by atoms with Crippen LogP contribution < -0.4 is 5.32 Å². The monoisotopic (exact) mass is 422 g/mol. The molecule has 8 nitrogen and oxygen atoms in total. The maximum atomic E-state index is 13.1. The first-order chi connectivity index (χ1) is 14.6. The molecule has 0 radical (unpaired) electrons. The fourth-order valence-electron chi connectivity index (χ4n) is 3.99. The number of nitrogens with one attached hydrogen (secondary N) is 2. The lowest BCUT2D eigenvalue weighted by molar-refractivity contribution is 0.0820. The summed E-state index contributed by atoms with van der Waals surface area (Å²) in [5.41, 5.74) is 1.13. The van der Waals surface area contributed by atoms with E-state index in [1.54, 1.807) is 30.7 Å². The first-order valence-corrected chi connectivity index (χ1v) is 10.2. The molecule has 152 valence electrons. The van der Waals surface area contributed by atoms with E-state index in [0.29, 0.717) is 28.1 Å². The Bertz CT molecular complexity index is 1200. The van der Waals surface area contributed by atoms with E-state index in [2.05, 4.69) is 30.4 Å². The number of carbonyl (C=O) groups is 1. The largest absolute Gasteiger partial charge is 0.351 e. The molecule has 0 aliphatic heterocycles. The van der Waals surface area contributed by atoms with Gasteiger partial charge in [0.15, 0.2) is 0 Å². The number of hydrogen-bond acceptors (Lipinski definition) is 6. The molecule has 1 saturated carbocycles. The summed E-state index contributed by atoms with van der Waals surface area (Å²) in [5, 5.41) is 8.75. The smallest absolute Gasteiger partial charge is 0.268 e. The molecule has 5 rings (SSSR count). The minimum Gasteiger partial charge on any atom is -0.351 e. The Kier molecular flexibility index (Phi) is 4.71. The van der Waals surface area contributed by atoms with Crippen LogP contribution in [-0.4, -0.2) is 31.0 Å². The molecule has 0 spiro atoms. The third kappa shape index (κ3) is 3.43. The van der Waals surface area contributed by atoms with Crippen LogP contribution in [0.2, 0.25) is 5.02 Å². The number of fused-ring (bicyclic) bond motifs is 1. The second-order valence-corrected chi connectivity index (χ2v) is 7.96. The standard InChI is InChI=1S/C21H19ClN6O2/c22-14-4-5-15-13(10-14)11-16(25-15)19(29)27-21(6-2-1-3-7-21)20-26-18(28-30-20)17-12-23-8-9-24-17/h4-5,8-12,25H,1-3,6-7H2,(H,27,29). The molecule has 1 aliphatic carbocycles. The lowest BCUT2D eigenvalue weighted by Gasteiger charge is -2.34. The normalized spacial score (nSPS) is 15.9. The Morgan fingerprint density at radius 3 is 2.83 bits per heavy atom. The maximum absolute atomic E-state index is 13.1. The zero-order chi connectivity index (χ0) is 20.6. The number of aromatic amines is 1. The molecule has 1 amide bonds. The number of carbonyl (C=O) groups excluding carboxylic acids is 1. The van der Waals surface area contributed by atoms with E-state index in [0.717, 1.165) is 43.0 Å². The Morgan fingerprint density at radius 2 is 2.03 bits per heavy atom. The van der Waals surface area contributed by atoms with Gasteiger partial charge in [-0.05, 0) is 37.1 Å². The SMILES string of the molecule is O=C(NC1(c2nc(-c3cnccn3)no2)CCCCC1)c1cc2cc(Cl)ccc2[nH]1. The van der Waals surface area contributed by atoms with Crippen molar-refractivity contribution in [1.82, 2.24) is 30.4 Å². The van der Waals surface area contributed by atoms with Gasteiger partial charge in [0, 0.05) is 28.3 Å². The molecule has 0 saturated heterocycles. The van der Waals surface area contributed by atoms with Crippen LogP contribution in [0, 0.1) is 0 Å². The molecule has 3 heterocycles. The van der Waals surface area contributed by atoms with Gasteiger partial charge in [-0.3, -0.25) is 9.78 Å². The first kappa shape index (κ1) is 18.7. The van der Waals surface area contributed by atoms with Gasteiger partial charge >= 0.3 is 0 Å². The highest BCUT2D eigenvalue weighted by Crippen LogP contribution is 2.37. The van der Waals surface area contributed by atoms with Crippen molar-refractivity contribution in [3.63, 3.8) is 0 Å². The molecule has 1 fully saturated rings. The highest BCUT2D eigenvalue weighted by molar-refractivity contribution is 6.31. The van der Waals surface area contributed by atoms with Crippen molar-refractivity contribution in [2.75, 3.05) is 0 Å². The average molecular weight is 423 g/mol. The fourth-order valence-corrected chi connectivity index (χ4v) is 4.18. The van der Waals surface area contributed by atoms with E-state index in [4.69, 9.17) is 16.1 Å². The molecule has 1 aromatic carbocycles. The van der Waals surface area contributed by atoms with Gasteiger partial charge in [-0.25, -0.2) is 4.98 Å². The van der Waals surface area contributed by atoms with E-state index in [-0.39, 0.29) is 5.91 Å². The van der Waals surface area contributed by atoms with E-state index >= 15 is 0 Å². The van der Waals surface area contributed by atoms with Crippen LogP contribution in [-0.2, 0) is 5.54 Å². The molecular formula is C21H19ClN6O2. The van der Waals surface area contributed by atoms with Crippen molar-refractivity contribution >= 4 is 28.4 Å². The van der Waals surface area contributed by atoms with Crippen molar-refractivity contribution in [2.24, 2.45) is 0 Å². The van der Waals surface area contributed by atoms with E-state index in [1.165, 1.54) is 0 Å². The summed E-state index contributed by atoms with van der Waals surface area (Å²) in [7, 11) is 0.